The Balaban J connectivity index is 1.65. The molecule has 3 nitrogen and oxygen atoms in total. The zero-order valence-corrected chi connectivity index (χ0v) is 16.9. The highest BCUT2D eigenvalue weighted by Gasteiger charge is 2.08. The molecule has 0 atom stereocenters. The highest BCUT2D eigenvalue weighted by Crippen LogP contribution is 2.32. The molecule has 6 heteroatoms. The lowest BCUT2D eigenvalue weighted by molar-refractivity contribution is 0.279. The van der Waals surface area contributed by atoms with Gasteiger partial charge in [-0.2, -0.15) is 0 Å². The standard InChI is InChI=1S/C21H19ClN2OS2/c22-17-9-11-18(12-10-17)24-21(26)23-13-15-5-1-3-7-19(15)27-20-8-4-2-6-16(20)14-25/h1-12,25H,13-14H2,(H2,23,24,26). The van der Waals surface area contributed by atoms with Crippen molar-refractivity contribution in [3.05, 3.63) is 88.9 Å². The fourth-order valence-corrected chi connectivity index (χ4v) is 3.87. The molecule has 0 radical (unpaired) electrons. The van der Waals surface area contributed by atoms with E-state index in [0.29, 0.717) is 16.7 Å². The summed E-state index contributed by atoms with van der Waals surface area (Å²) in [5, 5.41) is 17.2. The van der Waals surface area contributed by atoms with Gasteiger partial charge in [-0.1, -0.05) is 59.8 Å². The smallest absolute Gasteiger partial charge is 0.171 e. The number of anilines is 1. The van der Waals surface area contributed by atoms with Gasteiger partial charge in [-0.05, 0) is 59.7 Å². The molecule has 0 saturated heterocycles. The Kier molecular flexibility index (Phi) is 7.12. The Morgan fingerprint density at radius 1 is 0.889 bits per heavy atom. The summed E-state index contributed by atoms with van der Waals surface area (Å²) in [7, 11) is 0. The summed E-state index contributed by atoms with van der Waals surface area (Å²) >= 11 is 12.9. The lowest BCUT2D eigenvalue weighted by atomic mass is 10.2. The van der Waals surface area contributed by atoms with Crippen LogP contribution >= 0.6 is 35.6 Å². The third-order valence-corrected chi connectivity index (χ3v) is 5.61. The maximum Gasteiger partial charge on any atom is 0.171 e. The van der Waals surface area contributed by atoms with Gasteiger partial charge in [-0.3, -0.25) is 0 Å². The first-order valence-electron chi connectivity index (χ1n) is 8.40. The van der Waals surface area contributed by atoms with E-state index in [0.717, 1.165) is 26.6 Å². The summed E-state index contributed by atoms with van der Waals surface area (Å²) in [6, 6.07) is 23.4. The van der Waals surface area contributed by atoms with E-state index in [-0.39, 0.29) is 6.61 Å². The van der Waals surface area contributed by atoms with E-state index in [2.05, 4.69) is 22.8 Å². The van der Waals surface area contributed by atoms with Crippen LogP contribution in [-0.4, -0.2) is 10.2 Å². The zero-order chi connectivity index (χ0) is 19.1. The number of halogens is 1. The number of nitrogens with one attached hydrogen (secondary N) is 2. The molecule has 0 aliphatic carbocycles. The molecule has 138 valence electrons. The summed E-state index contributed by atoms with van der Waals surface area (Å²) in [5.41, 5.74) is 2.94. The first-order chi connectivity index (χ1) is 13.2. The summed E-state index contributed by atoms with van der Waals surface area (Å²) in [6.45, 7) is 0.628. The molecule has 0 bridgehead atoms. The van der Waals surface area contributed by atoms with E-state index in [1.165, 1.54) is 0 Å². The number of aliphatic hydroxyl groups excluding tert-OH is 1. The van der Waals surface area contributed by atoms with Gasteiger partial charge in [0.05, 0.1) is 6.61 Å². The zero-order valence-electron chi connectivity index (χ0n) is 14.5. The third kappa shape index (κ3) is 5.71. The number of benzene rings is 3. The highest BCUT2D eigenvalue weighted by molar-refractivity contribution is 7.99. The van der Waals surface area contributed by atoms with Crippen LogP contribution in [0, 0.1) is 0 Å². The molecule has 3 aromatic rings. The number of aliphatic hydroxyl groups is 1. The second kappa shape index (κ2) is 9.76. The van der Waals surface area contributed by atoms with E-state index in [1.54, 1.807) is 11.8 Å². The van der Waals surface area contributed by atoms with Gasteiger partial charge in [0.1, 0.15) is 0 Å². The van der Waals surface area contributed by atoms with Crippen molar-refractivity contribution in [1.29, 1.82) is 0 Å². The molecule has 3 N–H and O–H groups in total. The maximum absolute atomic E-state index is 9.54. The van der Waals surface area contributed by atoms with Crippen LogP contribution in [0.4, 0.5) is 5.69 Å². The van der Waals surface area contributed by atoms with Crippen LogP contribution in [0.15, 0.2) is 82.6 Å². The minimum atomic E-state index is 0.0265. The van der Waals surface area contributed by atoms with Crippen LogP contribution in [0.1, 0.15) is 11.1 Å². The minimum absolute atomic E-state index is 0.0265. The van der Waals surface area contributed by atoms with Gasteiger partial charge >= 0.3 is 0 Å². The Morgan fingerprint density at radius 2 is 1.48 bits per heavy atom. The molecule has 0 aromatic heterocycles. The average molecular weight is 415 g/mol. The number of hydrogen-bond acceptors (Lipinski definition) is 3. The quantitative estimate of drug-likeness (QED) is 0.467. The van der Waals surface area contributed by atoms with Crippen molar-refractivity contribution >= 4 is 46.4 Å². The first kappa shape index (κ1) is 19.7. The lowest BCUT2D eigenvalue weighted by Gasteiger charge is -2.14. The Labute approximate surface area is 173 Å². The molecule has 0 fully saturated rings. The monoisotopic (exact) mass is 414 g/mol. The molecule has 0 saturated carbocycles. The first-order valence-corrected chi connectivity index (χ1v) is 10.0. The van der Waals surface area contributed by atoms with Gasteiger partial charge in [0.15, 0.2) is 5.11 Å². The molecule has 0 aliphatic heterocycles. The predicted molar refractivity (Wildman–Crippen MR) is 117 cm³/mol. The van der Waals surface area contributed by atoms with Crippen molar-refractivity contribution in [2.24, 2.45) is 0 Å². The van der Waals surface area contributed by atoms with Crippen LogP contribution in [0.25, 0.3) is 0 Å². The molecule has 0 amide bonds. The average Bonchev–Trinajstić information content (AvgIpc) is 2.69. The molecule has 3 aromatic carbocycles. The Hall–Kier alpha value is -2.05. The molecular formula is C21H19ClN2OS2. The van der Waals surface area contributed by atoms with E-state index in [4.69, 9.17) is 23.8 Å². The Bertz CT molecular complexity index is 916. The molecule has 0 aliphatic rings. The lowest BCUT2D eigenvalue weighted by Crippen LogP contribution is -2.28. The number of thiocarbonyl (C=S) groups is 1. The van der Waals surface area contributed by atoms with Crippen LogP contribution in [0.3, 0.4) is 0 Å². The predicted octanol–water partition coefficient (Wildman–Crippen LogP) is 5.47. The van der Waals surface area contributed by atoms with Crippen molar-refractivity contribution in [1.82, 2.24) is 5.32 Å². The van der Waals surface area contributed by atoms with E-state index in [9.17, 15) is 5.11 Å². The molecule has 0 heterocycles. The van der Waals surface area contributed by atoms with Crippen molar-refractivity contribution in [2.75, 3.05) is 5.32 Å². The topological polar surface area (TPSA) is 44.3 Å². The van der Waals surface area contributed by atoms with Gasteiger partial charge in [0.2, 0.25) is 0 Å². The van der Waals surface area contributed by atoms with Gasteiger partial charge < -0.3 is 15.7 Å². The fraction of sp³-hybridized carbons (Fsp3) is 0.0952. The SMILES string of the molecule is OCc1ccccc1Sc1ccccc1CNC(=S)Nc1ccc(Cl)cc1. The van der Waals surface area contributed by atoms with Crippen LogP contribution in [0.5, 0.6) is 0 Å². The van der Waals surface area contributed by atoms with E-state index < -0.39 is 0 Å². The van der Waals surface area contributed by atoms with Gasteiger partial charge in [-0.15, -0.1) is 0 Å². The van der Waals surface area contributed by atoms with Crippen molar-refractivity contribution in [3.8, 4) is 0 Å². The summed E-state index contributed by atoms with van der Waals surface area (Å²) in [4.78, 5) is 2.18. The second-order valence-corrected chi connectivity index (χ2v) is 7.72. The molecule has 27 heavy (non-hydrogen) atoms. The third-order valence-electron chi connectivity index (χ3n) is 3.88. The number of hydrogen-bond donors (Lipinski definition) is 3. The van der Waals surface area contributed by atoms with Crippen LogP contribution < -0.4 is 10.6 Å². The molecular weight excluding hydrogens is 396 g/mol. The molecule has 3 rings (SSSR count). The Morgan fingerprint density at radius 3 is 2.15 bits per heavy atom. The van der Waals surface area contributed by atoms with Crippen LogP contribution in [0.2, 0.25) is 5.02 Å². The van der Waals surface area contributed by atoms with Gasteiger partial charge in [-0.25, -0.2) is 0 Å². The second-order valence-electron chi connectivity index (χ2n) is 5.79. The van der Waals surface area contributed by atoms with Gasteiger partial charge in [0.25, 0.3) is 0 Å². The summed E-state index contributed by atoms with van der Waals surface area (Å²) < 4.78 is 0. The molecule has 0 unspecified atom stereocenters. The minimum Gasteiger partial charge on any atom is -0.392 e. The maximum atomic E-state index is 9.54. The van der Waals surface area contributed by atoms with E-state index >= 15 is 0 Å². The van der Waals surface area contributed by atoms with Gasteiger partial charge in [0, 0.05) is 27.0 Å². The van der Waals surface area contributed by atoms with Crippen LogP contribution in [-0.2, 0) is 13.2 Å². The fourth-order valence-electron chi connectivity index (χ4n) is 2.49. The van der Waals surface area contributed by atoms with E-state index in [1.807, 2.05) is 60.7 Å². The van der Waals surface area contributed by atoms with Crippen molar-refractivity contribution in [2.45, 2.75) is 22.9 Å². The highest BCUT2D eigenvalue weighted by atomic mass is 35.5. The van der Waals surface area contributed by atoms with Crippen molar-refractivity contribution in [3.63, 3.8) is 0 Å². The largest absolute Gasteiger partial charge is 0.392 e. The summed E-state index contributed by atoms with van der Waals surface area (Å²) in [6.07, 6.45) is 0. The number of rotatable bonds is 6. The summed E-state index contributed by atoms with van der Waals surface area (Å²) in [5.74, 6) is 0. The normalized spacial score (nSPS) is 10.4. The van der Waals surface area contributed by atoms with Crippen molar-refractivity contribution < 1.29 is 5.11 Å². The molecule has 0 spiro atoms.